The van der Waals surface area contributed by atoms with Gasteiger partial charge in [-0.05, 0) is 77.4 Å². The molecule has 6 nitrogen and oxygen atoms in total. The van der Waals surface area contributed by atoms with Crippen LogP contribution in [0, 0.1) is 35.8 Å². The zero-order valence-electron chi connectivity index (χ0n) is 18.4. The van der Waals surface area contributed by atoms with Crippen LogP contribution in [-0.4, -0.2) is 0 Å². The molecular formula is C29H16N4O2. The average Bonchev–Trinajstić information content (AvgIpc) is 3.63. The van der Waals surface area contributed by atoms with Crippen molar-refractivity contribution in [2.45, 2.75) is 6.42 Å². The lowest BCUT2D eigenvalue weighted by Crippen LogP contribution is -1.85. The minimum absolute atomic E-state index is 0.0136. The fraction of sp³-hybridized carbons (Fsp3) is 0.0345. The van der Waals surface area contributed by atoms with Gasteiger partial charge in [0.2, 0.25) is 0 Å². The Labute approximate surface area is 202 Å². The van der Waals surface area contributed by atoms with Gasteiger partial charge in [0.15, 0.2) is 0 Å². The van der Waals surface area contributed by atoms with E-state index in [9.17, 15) is 0 Å². The molecule has 35 heavy (non-hydrogen) atoms. The molecule has 0 radical (unpaired) electrons. The SMILES string of the molecule is [C-]#[N+]/C(C#N)=C\C=C\c1ccc(-c2ccc3c(c2)CC(c2ccc(/C=C/C=C(\C#N)[N+]#[C-])o2)=C3)o1. The predicted octanol–water partition coefficient (Wildman–Crippen LogP) is 7.32. The fourth-order valence-corrected chi connectivity index (χ4v) is 3.53. The van der Waals surface area contributed by atoms with Crippen molar-refractivity contribution < 1.29 is 8.83 Å². The molecule has 0 aliphatic heterocycles. The second-order valence-electron chi connectivity index (χ2n) is 7.43. The normalized spacial score (nSPS) is 13.2. The van der Waals surface area contributed by atoms with Crippen LogP contribution < -0.4 is 0 Å². The third-order valence-corrected chi connectivity index (χ3v) is 5.21. The van der Waals surface area contributed by atoms with Gasteiger partial charge in [0, 0.05) is 12.0 Å². The molecule has 2 heterocycles. The highest BCUT2D eigenvalue weighted by molar-refractivity contribution is 5.88. The van der Waals surface area contributed by atoms with E-state index in [1.165, 1.54) is 12.2 Å². The van der Waals surface area contributed by atoms with Crippen molar-refractivity contribution in [2.24, 2.45) is 0 Å². The number of hydrogen-bond acceptors (Lipinski definition) is 4. The zero-order valence-corrected chi connectivity index (χ0v) is 18.4. The maximum absolute atomic E-state index is 8.79. The lowest BCUT2D eigenvalue weighted by Gasteiger charge is -2.02. The van der Waals surface area contributed by atoms with Gasteiger partial charge in [0.25, 0.3) is 11.4 Å². The van der Waals surface area contributed by atoms with E-state index in [4.69, 9.17) is 32.5 Å². The molecule has 6 heteroatoms. The van der Waals surface area contributed by atoms with Crippen LogP contribution in [0.1, 0.15) is 28.4 Å². The van der Waals surface area contributed by atoms with Gasteiger partial charge >= 0.3 is 0 Å². The number of nitriles is 2. The molecule has 0 spiro atoms. The third-order valence-electron chi connectivity index (χ3n) is 5.21. The van der Waals surface area contributed by atoms with E-state index in [0.29, 0.717) is 11.5 Å². The van der Waals surface area contributed by atoms with E-state index < -0.39 is 0 Å². The van der Waals surface area contributed by atoms with Crippen molar-refractivity contribution in [3.8, 4) is 23.5 Å². The Morgan fingerprint density at radius 2 is 1.43 bits per heavy atom. The van der Waals surface area contributed by atoms with E-state index in [2.05, 4.69) is 27.9 Å². The molecule has 4 rings (SSSR count). The number of rotatable bonds is 6. The summed E-state index contributed by atoms with van der Waals surface area (Å²) < 4.78 is 11.8. The van der Waals surface area contributed by atoms with Crippen molar-refractivity contribution >= 4 is 23.8 Å². The Morgan fingerprint density at radius 3 is 2.03 bits per heavy atom. The van der Waals surface area contributed by atoms with Crippen molar-refractivity contribution in [3.05, 3.63) is 129 Å². The molecule has 0 saturated carbocycles. The number of fused-ring (bicyclic) bond motifs is 1. The topological polar surface area (TPSA) is 82.6 Å². The Kier molecular flexibility index (Phi) is 6.70. The smallest absolute Gasteiger partial charge is 0.261 e. The Hall–Kier alpha value is -5.56. The zero-order chi connectivity index (χ0) is 24.6. The Balaban J connectivity index is 1.46. The summed E-state index contributed by atoms with van der Waals surface area (Å²) in [6, 6.07) is 17.3. The third kappa shape index (κ3) is 5.27. The molecule has 3 aromatic rings. The lowest BCUT2D eigenvalue weighted by atomic mass is 10.0. The standard InChI is InChI=1S/C29H16N4O2/c1-32-24(18-30)5-3-7-26-11-13-28(34-26)21-10-9-20-15-23(17-22(20)16-21)29-14-12-27(35-29)8-4-6-25(19-31)33-2/h3-16H,17H2/b7-3+,8-4+,24-5-,25-6+. The van der Waals surface area contributed by atoms with Crippen LogP contribution in [0.15, 0.2) is 87.0 Å². The lowest BCUT2D eigenvalue weighted by molar-refractivity contribution is 0.542. The average molecular weight is 452 g/mol. The summed E-state index contributed by atoms with van der Waals surface area (Å²) in [6.45, 7) is 13.8. The van der Waals surface area contributed by atoms with Crippen LogP contribution in [0.4, 0.5) is 0 Å². The summed E-state index contributed by atoms with van der Waals surface area (Å²) in [4.78, 5) is 6.22. The van der Waals surface area contributed by atoms with E-state index >= 15 is 0 Å². The van der Waals surface area contributed by atoms with E-state index in [1.807, 2.05) is 42.5 Å². The molecule has 2 aromatic heterocycles. The van der Waals surface area contributed by atoms with Crippen LogP contribution in [0.3, 0.4) is 0 Å². The molecule has 0 N–H and O–H groups in total. The van der Waals surface area contributed by atoms with E-state index in [1.54, 1.807) is 24.3 Å². The molecule has 1 aromatic carbocycles. The van der Waals surface area contributed by atoms with Crippen molar-refractivity contribution in [1.82, 2.24) is 0 Å². The summed E-state index contributed by atoms with van der Waals surface area (Å²) in [5.74, 6) is 2.76. The predicted molar refractivity (Wildman–Crippen MR) is 133 cm³/mol. The summed E-state index contributed by atoms with van der Waals surface area (Å²) >= 11 is 0. The first-order chi connectivity index (χ1) is 17.1. The number of furan rings is 2. The first kappa shape index (κ1) is 22.6. The number of allylic oxidation sites excluding steroid dienone is 7. The Morgan fingerprint density at radius 1 is 0.829 bits per heavy atom. The fourth-order valence-electron chi connectivity index (χ4n) is 3.53. The molecular weight excluding hydrogens is 436 g/mol. The first-order valence-electron chi connectivity index (χ1n) is 10.5. The molecule has 0 saturated heterocycles. The van der Waals surface area contributed by atoms with Gasteiger partial charge in [-0.3, -0.25) is 0 Å². The highest BCUT2D eigenvalue weighted by Crippen LogP contribution is 2.35. The first-order valence-corrected chi connectivity index (χ1v) is 10.5. The van der Waals surface area contributed by atoms with Gasteiger partial charge < -0.3 is 8.83 Å². The van der Waals surface area contributed by atoms with Crippen LogP contribution in [0.5, 0.6) is 0 Å². The monoisotopic (exact) mass is 452 g/mol. The van der Waals surface area contributed by atoms with Gasteiger partial charge in [-0.2, -0.15) is 0 Å². The second-order valence-corrected chi connectivity index (χ2v) is 7.43. The maximum atomic E-state index is 8.79. The maximum Gasteiger partial charge on any atom is 0.261 e. The molecule has 0 amide bonds. The molecule has 0 unspecified atom stereocenters. The molecule has 0 atom stereocenters. The Bertz CT molecular complexity index is 1580. The van der Waals surface area contributed by atoms with Crippen molar-refractivity contribution in [1.29, 1.82) is 10.5 Å². The molecule has 1 aliphatic rings. The number of benzene rings is 1. The molecule has 0 bridgehead atoms. The molecule has 1 aliphatic carbocycles. The van der Waals surface area contributed by atoms with Gasteiger partial charge in [-0.25, -0.2) is 20.2 Å². The van der Waals surface area contributed by atoms with Gasteiger partial charge in [-0.1, -0.05) is 24.3 Å². The highest BCUT2D eigenvalue weighted by atomic mass is 16.3. The summed E-state index contributed by atoms with van der Waals surface area (Å²) in [5.41, 5.74) is 4.33. The summed E-state index contributed by atoms with van der Waals surface area (Å²) in [5, 5.41) is 17.6. The molecule has 0 fully saturated rings. The highest BCUT2D eigenvalue weighted by Gasteiger charge is 2.18. The van der Waals surface area contributed by atoms with Crippen molar-refractivity contribution in [3.63, 3.8) is 0 Å². The number of hydrogen-bond donors (Lipinski definition) is 0. The second kappa shape index (κ2) is 10.4. The quantitative estimate of drug-likeness (QED) is 0.223. The largest absolute Gasteiger partial charge is 0.457 e. The molecule has 164 valence electrons. The van der Waals surface area contributed by atoms with E-state index in [0.717, 1.165) is 40.2 Å². The van der Waals surface area contributed by atoms with Crippen LogP contribution in [-0.2, 0) is 6.42 Å². The van der Waals surface area contributed by atoms with Gasteiger partial charge in [0.1, 0.15) is 23.0 Å². The van der Waals surface area contributed by atoms with Crippen LogP contribution >= 0.6 is 0 Å². The van der Waals surface area contributed by atoms with E-state index in [-0.39, 0.29) is 11.4 Å². The number of nitrogens with zero attached hydrogens (tertiary/aromatic N) is 4. The van der Waals surface area contributed by atoms with Gasteiger partial charge in [0.05, 0.1) is 25.3 Å². The van der Waals surface area contributed by atoms with Crippen LogP contribution in [0.25, 0.3) is 44.8 Å². The van der Waals surface area contributed by atoms with Crippen LogP contribution in [0.2, 0.25) is 0 Å². The summed E-state index contributed by atoms with van der Waals surface area (Å²) in [6.07, 6.45) is 12.4. The minimum atomic E-state index is 0.0136. The van der Waals surface area contributed by atoms with Gasteiger partial charge in [-0.15, -0.1) is 0 Å². The summed E-state index contributed by atoms with van der Waals surface area (Å²) in [7, 11) is 0. The van der Waals surface area contributed by atoms with Crippen molar-refractivity contribution in [2.75, 3.05) is 0 Å². The minimum Gasteiger partial charge on any atom is -0.457 e.